The number of carbonyl (C=O) groups is 1. The maximum Gasteiger partial charge on any atom is 0.298 e. The van der Waals surface area contributed by atoms with Crippen molar-refractivity contribution in [3.05, 3.63) is 36.1 Å². The molecule has 0 bridgehead atoms. The molecule has 0 saturated carbocycles. The normalized spacial score (nSPS) is 11.4. The average molecular weight is 268 g/mol. The Morgan fingerprint density at radius 1 is 1.17 bits per heavy atom. The Hall–Kier alpha value is -2.12. The van der Waals surface area contributed by atoms with E-state index in [1.54, 1.807) is 0 Å². The summed E-state index contributed by atoms with van der Waals surface area (Å²) in [7, 11) is -4.47. The molecule has 7 heteroatoms. The molecule has 2 N–H and O–H groups in total. The first-order chi connectivity index (χ1) is 8.41. The summed E-state index contributed by atoms with van der Waals surface area (Å²) < 4.78 is 35.7. The first-order valence-electron chi connectivity index (χ1n) is 4.77. The van der Waals surface area contributed by atoms with Crippen LogP contribution in [0, 0.1) is 0 Å². The average Bonchev–Trinajstić information content (AvgIpc) is 2.75. The third-order valence-corrected chi connectivity index (χ3v) is 3.17. The molecule has 94 valence electrons. The summed E-state index contributed by atoms with van der Waals surface area (Å²) in [6, 6.07) is 6.46. The van der Waals surface area contributed by atoms with Crippen LogP contribution in [0.2, 0.25) is 0 Å². The van der Waals surface area contributed by atoms with Crippen molar-refractivity contribution < 1.29 is 27.3 Å². The number of aldehydes is 1. The largest absolute Gasteiger partial charge is 0.506 e. The molecule has 0 unspecified atom stereocenters. The Morgan fingerprint density at radius 2 is 1.89 bits per heavy atom. The zero-order valence-electron chi connectivity index (χ0n) is 8.90. The molecular formula is C11H8O6S. The van der Waals surface area contributed by atoms with Crippen LogP contribution >= 0.6 is 0 Å². The predicted molar refractivity (Wildman–Crippen MR) is 61.0 cm³/mol. The minimum Gasteiger partial charge on any atom is -0.506 e. The van der Waals surface area contributed by atoms with Crippen LogP contribution in [0.1, 0.15) is 10.6 Å². The molecule has 0 fully saturated rings. The van der Waals surface area contributed by atoms with Gasteiger partial charge in [0.2, 0.25) is 0 Å². The highest BCUT2D eigenvalue weighted by Gasteiger charge is 2.16. The summed E-state index contributed by atoms with van der Waals surface area (Å²) in [6.45, 7) is 0. The van der Waals surface area contributed by atoms with Gasteiger partial charge in [-0.25, -0.2) is 0 Å². The molecule has 2 aromatic rings. The smallest absolute Gasteiger partial charge is 0.298 e. The molecule has 0 aliphatic carbocycles. The van der Waals surface area contributed by atoms with Crippen LogP contribution in [0.4, 0.5) is 0 Å². The molecule has 1 heterocycles. The topological polar surface area (TPSA) is 105 Å². The first-order valence-corrected chi connectivity index (χ1v) is 6.22. The molecule has 1 aromatic heterocycles. The van der Waals surface area contributed by atoms with Crippen molar-refractivity contribution in [1.82, 2.24) is 0 Å². The van der Waals surface area contributed by atoms with Gasteiger partial charge in [0.1, 0.15) is 16.4 Å². The molecule has 0 radical (unpaired) electrons. The van der Waals surface area contributed by atoms with E-state index < -0.39 is 20.8 Å². The Balaban J connectivity index is 2.49. The highest BCUT2D eigenvalue weighted by molar-refractivity contribution is 7.86. The second-order valence-electron chi connectivity index (χ2n) is 3.48. The van der Waals surface area contributed by atoms with Crippen LogP contribution in [0.5, 0.6) is 5.75 Å². The predicted octanol–water partition coefficient (Wildman–Crippen LogP) is 1.71. The van der Waals surface area contributed by atoms with Crippen molar-refractivity contribution in [3.8, 4) is 17.1 Å². The van der Waals surface area contributed by atoms with Crippen molar-refractivity contribution in [3.63, 3.8) is 0 Å². The molecule has 2 rings (SSSR count). The van der Waals surface area contributed by atoms with Crippen LogP contribution in [0.25, 0.3) is 11.3 Å². The zero-order chi connectivity index (χ0) is 13.3. The molecule has 0 spiro atoms. The fourth-order valence-corrected chi connectivity index (χ4v) is 2.02. The van der Waals surface area contributed by atoms with E-state index in [1.165, 1.54) is 18.2 Å². The maximum atomic E-state index is 10.9. The number of hydrogen-bond donors (Lipinski definition) is 2. The molecule has 6 nitrogen and oxygen atoms in total. The van der Waals surface area contributed by atoms with Gasteiger partial charge in [-0.15, -0.1) is 0 Å². The van der Waals surface area contributed by atoms with E-state index in [-0.39, 0.29) is 5.76 Å². The van der Waals surface area contributed by atoms with Gasteiger partial charge in [-0.1, -0.05) is 0 Å². The minimum atomic E-state index is -4.47. The summed E-state index contributed by atoms with van der Waals surface area (Å²) in [4.78, 5) is 9.86. The SMILES string of the molecule is O=Cc1ccc(-c2ccc(S(=O)(=O)O)c(O)c2)o1. The maximum absolute atomic E-state index is 10.9. The highest BCUT2D eigenvalue weighted by Crippen LogP contribution is 2.29. The summed E-state index contributed by atoms with van der Waals surface area (Å²) >= 11 is 0. The third-order valence-electron chi connectivity index (χ3n) is 2.26. The monoisotopic (exact) mass is 268 g/mol. The molecular weight excluding hydrogens is 260 g/mol. The number of phenolic OH excluding ortho intramolecular Hbond substituents is 1. The molecule has 0 amide bonds. The van der Waals surface area contributed by atoms with E-state index in [9.17, 15) is 18.3 Å². The number of rotatable bonds is 3. The van der Waals surface area contributed by atoms with Gasteiger partial charge in [-0.3, -0.25) is 9.35 Å². The first kappa shape index (κ1) is 12.3. The fourth-order valence-electron chi connectivity index (χ4n) is 1.46. The van der Waals surface area contributed by atoms with Crippen molar-refractivity contribution in [1.29, 1.82) is 0 Å². The van der Waals surface area contributed by atoms with E-state index in [0.717, 1.165) is 12.1 Å². The number of benzene rings is 1. The van der Waals surface area contributed by atoms with Gasteiger partial charge >= 0.3 is 0 Å². The number of carbonyl (C=O) groups excluding carboxylic acids is 1. The van der Waals surface area contributed by atoms with E-state index in [0.29, 0.717) is 17.6 Å². The minimum absolute atomic E-state index is 0.114. The van der Waals surface area contributed by atoms with Gasteiger partial charge in [0.25, 0.3) is 10.1 Å². The summed E-state index contributed by atoms with van der Waals surface area (Å²) in [5, 5.41) is 9.50. The second-order valence-corrected chi connectivity index (χ2v) is 4.87. The van der Waals surface area contributed by atoms with Crippen molar-refractivity contribution in [2.45, 2.75) is 4.90 Å². The van der Waals surface area contributed by atoms with Gasteiger partial charge in [0, 0.05) is 5.56 Å². The lowest BCUT2D eigenvalue weighted by Crippen LogP contribution is -1.98. The number of hydrogen-bond acceptors (Lipinski definition) is 5. The Bertz CT molecular complexity index is 698. The van der Waals surface area contributed by atoms with Gasteiger partial charge in [0.15, 0.2) is 12.0 Å². The Morgan fingerprint density at radius 3 is 2.39 bits per heavy atom. The lowest BCUT2D eigenvalue weighted by molar-refractivity contribution is 0.110. The molecule has 18 heavy (non-hydrogen) atoms. The van der Waals surface area contributed by atoms with E-state index in [4.69, 9.17) is 8.97 Å². The molecule has 0 saturated heterocycles. The molecule has 0 aliphatic heterocycles. The van der Waals surface area contributed by atoms with Crippen LogP contribution in [0.3, 0.4) is 0 Å². The summed E-state index contributed by atoms with van der Waals surface area (Å²) in [6.07, 6.45) is 0.524. The zero-order valence-corrected chi connectivity index (χ0v) is 9.72. The Kier molecular flexibility index (Phi) is 2.93. The second kappa shape index (κ2) is 4.28. The number of phenols is 1. The highest BCUT2D eigenvalue weighted by atomic mass is 32.2. The standard InChI is InChI=1S/C11H8O6S/c12-6-8-2-3-10(17-8)7-1-4-11(9(13)5-7)18(14,15)16/h1-6,13H,(H,14,15,16). The third kappa shape index (κ3) is 2.27. The van der Waals surface area contributed by atoms with E-state index in [1.807, 2.05) is 0 Å². The Labute approximate surface area is 102 Å². The van der Waals surface area contributed by atoms with Gasteiger partial charge in [-0.05, 0) is 30.3 Å². The summed E-state index contributed by atoms with van der Waals surface area (Å²) in [5.41, 5.74) is 0.382. The lowest BCUT2D eigenvalue weighted by atomic mass is 10.1. The van der Waals surface area contributed by atoms with Gasteiger partial charge < -0.3 is 9.52 Å². The fraction of sp³-hybridized carbons (Fsp3) is 0. The van der Waals surface area contributed by atoms with Gasteiger partial charge in [-0.2, -0.15) is 8.42 Å². The summed E-state index contributed by atoms with van der Waals surface area (Å²) in [5.74, 6) is -0.184. The van der Waals surface area contributed by atoms with Crippen LogP contribution in [-0.2, 0) is 10.1 Å². The molecule has 0 atom stereocenters. The number of aromatic hydroxyl groups is 1. The van der Waals surface area contributed by atoms with Crippen LogP contribution in [-0.4, -0.2) is 24.4 Å². The molecule has 1 aromatic carbocycles. The van der Waals surface area contributed by atoms with Crippen molar-refractivity contribution >= 4 is 16.4 Å². The van der Waals surface area contributed by atoms with E-state index >= 15 is 0 Å². The van der Waals surface area contributed by atoms with Crippen LogP contribution < -0.4 is 0 Å². The number of furan rings is 1. The van der Waals surface area contributed by atoms with Crippen molar-refractivity contribution in [2.75, 3.05) is 0 Å². The van der Waals surface area contributed by atoms with Gasteiger partial charge in [0.05, 0.1) is 0 Å². The van der Waals surface area contributed by atoms with Crippen LogP contribution in [0.15, 0.2) is 39.6 Å². The van der Waals surface area contributed by atoms with E-state index in [2.05, 4.69) is 0 Å². The van der Waals surface area contributed by atoms with Crippen molar-refractivity contribution in [2.24, 2.45) is 0 Å². The quantitative estimate of drug-likeness (QED) is 0.648. The molecule has 0 aliphatic rings. The lowest BCUT2D eigenvalue weighted by Gasteiger charge is -2.03.